The maximum atomic E-state index is 14.0. The molecule has 1 amide bonds. The van der Waals surface area contributed by atoms with Crippen LogP contribution in [0.2, 0.25) is 0 Å². The second kappa shape index (κ2) is 8.14. The van der Waals surface area contributed by atoms with E-state index in [0.29, 0.717) is 22.5 Å². The molecule has 2 aromatic carbocycles. The lowest BCUT2D eigenvalue weighted by atomic mass is 10.0. The third-order valence-electron chi connectivity index (χ3n) is 4.85. The van der Waals surface area contributed by atoms with Crippen LogP contribution in [-0.2, 0) is 11.8 Å². The van der Waals surface area contributed by atoms with E-state index in [0.717, 1.165) is 18.4 Å². The number of carbonyl (C=O) groups is 1. The molecule has 1 aliphatic carbocycles. The molecule has 144 valence electrons. The number of carbonyl (C=O) groups excluding carboxylic acids is 1. The van der Waals surface area contributed by atoms with Gasteiger partial charge in [-0.2, -0.15) is 0 Å². The molecule has 0 bridgehead atoms. The van der Waals surface area contributed by atoms with Crippen molar-refractivity contribution >= 4 is 17.7 Å². The topological polar surface area (TPSA) is 59.8 Å². The van der Waals surface area contributed by atoms with E-state index in [4.69, 9.17) is 0 Å². The van der Waals surface area contributed by atoms with Crippen molar-refractivity contribution in [3.05, 3.63) is 66.0 Å². The van der Waals surface area contributed by atoms with Crippen LogP contribution in [0, 0.1) is 11.7 Å². The van der Waals surface area contributed by atoms with Gasteiger partial charge in [-0.05, 0) is 36.5 Å². The molecule has 0 saturated heterocycles. The molecule has 4 rings (SSSR count). The summed E-state index contributed by atoms with van der Waals surface area (Å²) >= 11 is 1.30. The van der Waals surface area contributed by atoms with Crippen LogP contribution in [0.15, 0.2) is 59.8 Å². The Morgan fingerprint density at radius 3 is 2.61 bits per heavy atom. The molecule has 1 unspecified atom stereocenters. The molecular weight excluding hydrogens is 375 g/mol. The zero-order chi connectivity index (χ0) is 19.5. The lowest BCUT2D eigenvalue weighted by molar-refractivity contribution is -0.119. The molecule has 1 N–H and O–H groups in total. The number of amides is 1. The van der Waals surface area contributed by atoms with Gasteiger partial charge in [0.1, 0.15) is 5.82 Å². The summed E-state index contributed by atoms with van der Waals surface area (Å²) in [7, 11) is 1.78. The van der Waals surface area contributed by atoms with Crippen molar-refractivity contribution in [2.24, 2.45) is 13.0 Å². The predicted molar refractivity (Wildman–Crippen MR) is 107 cm³/mol. The maximum absolute atomic E-state index is 14.0. The number of rotatable bonds is 7. The largest absolute Gasteiger partial charge is 0.348 e. The zero-order valence-electron chi connectivity index (χ0n) is 15.5. The monoisotopic (exact) mass is 396 g/mol. The number of hydrogen-bond acceptors (Lipinski definition) is 4. The van der Waals surface area contributed by atoms with E-state index in [1.54, 1.807) is 29.8 Å². The summed E-state index contributed by atoms with van der Waals surface area (Å²) in [5.74, 6) is 0.808. The van der Waals surface area contributed by atoms with Crippen LogP contribution in [0.3, 0.4) is 0 Å². The highest BCUT2D eigenvalue weighted by Crippen LogP contribution is 2.41. The Labute approximate surface area is 167 Å². The summed E-state index contributed by atoms with van der Waals surface area (Å²) in [6.07, 6.45) is 2.28. The Kier molecular flexibility index (Phi) is 5.43. The second-order valence-electron chi connectivity index (χ2n) is 6.93. The summed E-state index contributed by atoms with van der Waals surface area (Å²) < 4.78 is 15.7. The van der Waals surface area contributed by atoms with Crippen molar-refractivity contribution < 1.29 is 9.18 Å². The fourth-order valence-electron chi connectivity index (χ4n) is 3.23. The minimum Gasteiger partial charge on any atom is -0.348 e. The van der Waals surface area contributed by atoms with Crippen molar-refractivity contribution in [3.8, 4) is 11.4 Å². The molecular formula is C21H21FN4OS. The normalized spacial score (nSPS) is 14.6. The molecule has 1 atom stereocenters. The van der Waals surface area contributed by atoms with Crippen LogP contribution in [0.1, 0.15) is 24.4 Å². The Hall–Kier alpha value is -2.67. The van der Waals surface area contributed by atoms with Gasteiger partial charge in [-0.3, -0.25) is 4.79 Å². The van der Waals surface area contributed by atoms with Crippen molar-refractivity contribution in [2.75, 3.05) is 5.75 Å². The standard InChI is InChI=1S/C21H21FN4OS/c1-26-20(16-9-5-6-10-17(16)22)24-25-21(26)28-13-18(27)23-19(15-11-12-15)14-7-3-2-4-8-14/h2-10,15,19H,11-13H2,1H3,(H,23,27). The fraction of sp³-hybridized carbons (Fsp3) is 0.286. The molecule has 7 heteroatoms. The lowest BCUT2D eigenvalue weighted by Gasteiger charge is -2.18. The molecule has 5 nitrogen and oxygen atoms in total. The Balaban J connectivity index is 1.41. The van der Waals surface area contributed by atoms with Gasteiger partial charge < -0.3 is 9.88 Å². The van der Waals surface area contributed by atoms with Crippen LogP contribution < -0.4 is 5.32 Å². The first-order chi connectivity index (χ1) is 13.6. The Morgan fingerprint density at radius 2 is 1.89 bits per heavy atom. The van der Waals surface area contributed by atoms with Gasteiger partial charge in [-0.25, -0.2) is 4.39 Å². The number of aromatic nitrogens is 3. The van der Waals surface area contributed by atoms with E-state index >= 15 is 0 Å². The highest BCUT2D eigenvalue weighted by atomic mass is 32.2. The number of nitrogens with one attached hydrogen (secondary N) is 1. The average molecular weight is 396 g/mol. The van der Waals surface area contributed by atoms with Gasteiger partial charge in [-0.15, -0.1) is 10.2 Å². The van der Waals surface area contributed by atoms with Crippen LogP contribution >= 0.6 is 11.8 Å². The van der Waals surface area contributed by atoms with Crippen LogP contribution in [0.5, 0.6) is 0 Å². The summed E-state index contributed by atoms with van der Waals surface area (Å²) in [4.78, 5) is 12.5. The quantitative estimate of drug-likeness (QED) is 0.614. The van der Waals surface area contributed by atoms with Crippen molar-refractivity contribution in [2.45, 2.75) is 24.0 Å². The van der Waals surface area contributed by atoms with Gasteiger partial charge in [0.05, 0.1) is 17.4 Å². The van der Waals surface area contributed by atoms with E-state index in [1.807, 2.05) is 18.2 Å². The molecule has 0 spiro atoms. The van der Waals surface area contributed by atoms with E-state index in [2.05, 4.69) is 27.6 Å². The first-order valence-corrected chi connectivity index (χ1v) is 10.2. The number of halogens is 1. The number of hydrogen-bond donors (Lipinski definition) is 1. The molecule has 28 heavy (non-hydrogen) atoms. The molecule has 0 radical (unpaired) electrons. The number of thioether (sulfide) groups is 1. The Bertz CT molecular complexity index is 972. The smallest absolute Gasteiger partial charge is 0.230 e. The van der Waals surface area contributed by atoms with Crippen molar-refractivity contribution in [3.63, 3.8) is 0 Å². The minimum atomic E-state index is -0.345. The lowest BCUT2D eigenvalue weighted by Crippen LogP contribution is -2.31. The van der Waals surface area contributed by atoms with Crippen LogP contribution in [0.25, 0.3) is 11.4 Å². The summed E-state index contributed by atoms with van der Waals surface area (Å²) in [5, 5.41) is 11.9. The summed E-state index contributed by atoms with van der Waals surface area (Å²) in [5.41, 5.74) is 1.54. The zero-order valence-corrected chi connectivity index (χ0v) is 16.3. The molecule has 3 aromatic rings. The fourth-order valence-corrected chi connectivity index (χ4v) is 3.95. The van der Waals surface area contributed by atoms with Gasteiger partial charge in [0.15, 0.2) is 11.0 Å². The molecule has 1 fully saturated rings. The number of benzene rings is 2. The summed E-state index contributed by atoms with van der Waals surface area (Å²) in [6, 6.07) is 16.6. The summed E-state index contributed by atoms with van der Waals surface area (Å²) in [6.45, 7) is 0. The predicted octanol–water partition coefficient (Wildman–Crippen LogP) is 3.98. The SMILES string of the molecule is Cn1c(SCC(=O)NC(c2ccccc2)C2CC2)nnc1-c1ccccc1F. The minimum absolute atomic E-state index is 0.0406. The van der Waals surface area contributed by atoms with Crippen LogP contribution in [0.4, 0.5) is 4.39 Å². The highest BCUT2D eigenvalue weighted by Gasteiger charge is 2.33. The Morgan fingerprint density at radius 1 is 1.18 bits per heavy atom. The highest BCUT2D eigenvalue weighted by molar-refractivity contribution is 7.99. The molecule has 1 aromatic heterocycles. The van der Waals surface area contributed by atoms with E-state index in [1.165, 1.54) is 17.8 Å². The van der Waals surface area contributed by atoms with E-state index in [9.17, 15) is 9.18 Å². The molecule has 0 aliphatic heterocycles. The number of nitrogens with zero attached hydrogens (tertiary/aromatic N) is 3. The first-order valence-electron chi connectivity index (χ1n) is 9.25. The van der Waals surface area contributed by atoms with Gasteiger partial charge in [0.25, 0.3) is 0 Å². The third-order valence-corrected chi connectivity index (χ3v) is 5.87. The third kappa shape index (κ3) is 4.09. The van der Waals surface area contributed by atoms with Gasteiger partial charge in [0, 0.05) is 7.05 Å². The van der Waals surface area contributed by atoms with Crippen LogP contribution in [-0.4, -0.2) is 26.4 Å². The first kappa shape index (κ1) is 18.7. The van der Waals surface area contributed by atoms with Crippen molar-refractivity contribution in [1.29, 1.82) is 0 Å². The molecule has 1 heterocycles. The second-order valence-corrected chi connectivity index (χ2v) is 7.87. The molecule has 1 saturated carbocycles. The van der Waals surface area contributed by atoms with E-state index < -0.39 is 0 Å². The maximum Gasteiger partial charge on any atom is 0.230 e. The molecule has 1 aliphatic rings. The van der Waals surface area contributed by atoms with Crippen molar-refractivity contribution in [1.82, 2.24) is 20.1 Å². The van der Waals surface area contributed by atoms with E-state index in [-0.39, 0.29) is 23.5 Å². The van der Waals surface area contributed by atoms with Gasteiger partial charge >= 0.3 is 0 Å². The van der Waals surface area contributed by atoms with Gasteiger partial charge in [-0.1, -0.05) is 54.2 Å². The average Bonchev–Trinajstić information content (AvgIpc) is 3.49. The van der Waals surface area contributed by atoms with Gasteiger partial charge in [0.2, 0.25) is 5.91 Å².